The molecular weight excluding hydrogens is 368 g/mol. The lowest BCUT2D eigenvalue weighted by atomic mass is 10.2. The van der Waals surface area contributed by atoms with Crippen molar-refractivity contribution >= 4 is 21.6 Å². The highest BCUT2D eigenvalue weighted by Gasteiger charge is 2.31. The van der Waals surface area contributed by atoms with Crippen molar-refractivity contribution in [2.45, 2.75) is 17.9 Å². The van der Waals surface area contributed by atoms with E-state index in [-0.39, 0.29) is 16.8 Å². The number of hydrogen-bond acceptors (Lipinski definition) is 5. The normalized spacial score (nSPS) is 18.1. The molecule has 0 aliphatic carbocycles. The fourth-order valence-electron chi connectivity index (χ4n) is 2.86. The van der Waals surface area contributed by atoms with E-state index >= 15 is 0 Å². The van der Waals surface area contributed by atoms with Gasteiger partial charge in [-0.15, -0.1) is 0 Å². The second-order valence-electron chi connectivity index (χ2n) is 6.25. The van der Waals surface area contributed by atoms with E-state index in [0.717, 1.165) is 0 Å². The Labute approximate surface area is 158 Å². The number of anilines is 1. The second kappa shape index (κ2) is 8.08. The standard InChI is InChI=1S/C19H22N2O5S/c1-14-13-26-12-11-21(14)27(23,24)18-9-3-15(4-10-18)19(22)20-16-5-7-17(25-2)8-6-16/h3-10,14H,11-13H2,1-2H3,(H,20,22). The molecule has 2 aromatic carbocycles. The highest BCUT2D eigenvalue weighted by molar-refractivity contribution is 7.89. The Morgan fingerprint density at radius 3 is 2.41 bits per heavy atom. The van der Waals surface area contributed by atoms with Crippen molar-refractivity contribution in [3.8, 4) is 5.75 Å². The van der Waals surface area contributed by atoms with Crippen LogP contribution < -0.4 is 10.1 Å². The van der Waals surface area contributed by atoms with Gasteiger partial charge in [0.15, 0.2) is 0 Å². The zero-order chi connectivity index (χ0) is 19.4. The molecule has 1 saturated heterocycles. The summed E-state index contributed by atoms with van der Waals surface area (Å²) in [5, 5.41) is 2.77. The molecule has 1 aliphatic rings. The first-order valence-corrected chi connectivity index (χ1v) is 10.0. The minimum Gasteiger partial charge on any atom is -0.497 e. The number of ether oxygens (including phenoxy) is 2. The second-order valence-corrected chi connectivity index (χ2v) is 8.14. The molecule has 1 atom stereocenters. The number of hydrogen-bond donors (Lipinski definition) is 1. The number of carbonyl (C=O) groups is 1. The van der Waals surface area contributed by atoms with E-state index in [0.29, 0.717) is 36.8 Å². The van der Waals surface area contributed by atoms with Crippen LogP contribution in [0.3, 0.4) is 0 Å². The smallest absolute Gasteiger partial charge is 0.255 e. The Bertz CT molecular complexity index is 895. The van der Waals surface area contributed by atoms with Crippen molar-refractivity contribution < 1.29 is 22.7 Å². The topological polar surface area (TPSA) is 84.9 Å². The molecule has 0 radical (unpaired) electrons. The number of nitrogens with zero attached hydrogens (tertiary/aromatic N) is 1. The van der Waals surface area contributed by atoms with Gasteiger partial charge in [0, 0.05) is 23.8 Å². The first kappa shape index (κ1) is 19.3. The maximum Gasteiger partial charge on any atom is 0.255 e. The zero-order valence-electron chi connectivity index (χ0n) is 15.2. The Morgan fingerprint density at radius 1 is 1.15 bits per heavy atom. The van der Waals surface area contributed by atoms with E-state index in [1.165, 1.54) is 28.6 Å². The quantitative estimate of drug-likeness (QED) is 0.847. The molecule has 0 saturated carbocycles. The van der Waals surface area contributed by atoms with Crippen molar-refractivity contribution in [3.05, 3.63) is 54.1 Å². The number of benzene rings is 2. The number of rotatable bonds is 5. The van der Waals surface area contributed by atoms with Crippen LogP contribution in [0.2, 0.25) is 0 Å². The highest BCUT2D eigenvalue weighted by Crippen LogP contribution is 2.21. The fourth-order valence-corrected chi connectivity index (χ4v) is 4.46. The number of nitrogens with one attached hydrogen (secondary N) is 1. The third-order valence-electron chi connectivity index (χ3n) is 4.38. The van der Waals surface area contributed by atoms with Crippen molar-refractivity contribution in [3.63, 3.8) is 0 Å². The minimum absolute atomic E-state index is 0.164. The summed E-state index contributed by atoms with van der Waals surface area (Å²) in [6.07, 6.45) is 0. The molecule has 1 fully saturated rings. The van der Waals surface area contributed by atoms with Crippen molar-refractivity contribution in [2.24, 2.45) is 0 Å². The van der Waals surface area contributed by atoms with Gasteiger partial charge in [-0.2, -0.15) is 4.31 Å². The molecule has 7 nitrogen and oxygen atoms in total. The summed E-state index contributed by atoms with van der Waals surface area (Å²) in [5.74, 6) is 0.378. The molecule has 8 heteroatoms. The summed E-state index contributed by atoms with van der Waals surface area (Å²) in [5.41, 5.74) is 0.999. The first-order chi connectivity index (χ1) is 12.9. The highest BCUT2D eigenvalue weighted by atomic mass is 32.2. The maximum absolute atomic E-state index is 12.8. The van der Waals surface area contributed by atoms with Crippen molar-refractivity contribution in [1.82, 2.24) is 4.31 Å². The van der Waals surface area contributed by atoms with Crippen LogP contribution in [0.25, 0.3) is 0 Å². The van der Waals surface area contributed by atoms with Crippen LogP contribution in [0.4, 0.5) is 5.69 Å². The molecule has 3 rings (SSSR count). The Kier molecular flexibility index (Phi) is 5.79. The summed E-state index contributed by atoms with van der Waals surface area (Å²) < 4.78 is 37.4. The van der Waals surface area contributed by atoms with Gasteiger partial charge in [-0.1, -0.05) is 0 Å². The van der Waals surface area contributed by atoms with Crippen LogP contribution in [0.15, 0.2) is 53.4 Å². The molecule has 144 valence electrons. The number of sulfonamides is 1. The predicted octanol–water partition coefficient (Wildman–Crippen LogP) is 2.36. The molecule has 0 spiro atoms. The number of amides is 1. The Hall–Kier alpha value is -2.42. The van der Waals surface area contributed by atoms with Crippen LogP contribution in [-0.4, -0.2) is 51.5 Å². The van der Waals surface area contributed by atoms with E-state index in [1.54, 1.807) is 31.4 Å². The molecule has 27 heavy (non-hydrogen) atoms. The van der Waals surface area contributed by atoms with Crippen molar-refractivity contribution in [2.75, 3.05) is 32.2 Å². The van der Waals surface area contributed by atoms with E-state index in [9.17, 15) is 13.2 Å². The summed E-state index contributed by atoms with van der Waals surface area (Å²) in [6, 6.07) is 12.7. The lowest BCUT2D eigenvalue weighted by molar-refractivity contribution is 0.0393. The van der Waals surface area contributed by atoms with Gasteiger partial charge in [0.1, 0.15) is 5.75 Å². The molecule has 1 aliphatic heterocycles. The molecule has 1 N–H and O–H groups in total. The summed E-state index contributed by atoms with van der Waals surface area (Å²) in [4.78, 5) is 12.5. The molecule has 1 heterocycles. The van der Waals surface area contributed by atoms with Gasteiger partial charge < -0.3 is 14.8 Å². The molecule has 2 aromatic rings. The van der Waals surface area contributed by atoms with Crippen LogP contribution >= 0.6 is 0 Å². The van der Waals surface area contributed by atoms with E-state index in [2.05, 4.69) is 5.32 Å². The Balaban J connectivity index is 1.73. The van der Waals surface area contributed by atoms with E-state index in [4.69, 9.17) is 9.47 Å². The van der Waals surface area contributed by atoms with E-state index < -0.39 is 10.0 Å². The summed E-state index contributed by atoms with van der Waals surface area (Å²) >= 11 is 0. The monoisotopic (exact) mass is 390 g/mol. The van der Waals surface area contributed by atoms with Crippen molar-refractivity contribution in [1.29, 1.82) is 0 Å². The lowest BCUT2D eigenvalue weighted by Crippen LogP contribution is -2.46. The number of methoxy groups -OCH3 is 1. The molecule has 0 bridgehead atoms. The van der Waals surface area contributed by atoms with Gasteiger partial charge in [0.05, 0.1) is 25.2 Å². The van der Waals surface area contributed by atoms with Crippen LogP contribution in [0.1, 0.15) is 17.3 Å². The van der Waals surface area contributed by atoms with Gasteiger partial charge in [-0.25, -0.2) is 8.42 Å². The lowest BCUT2D eigenvalue weighted by Gasteiger charge is -2.32. The molecule has 0 aromatic heterocycles. The van der Waals surface area contributed by atoms with Crippen LogP contribution in [0.5, 0.6) is 5.75 Å². The molecular formula is C19H22N2O5S. The van der Waals surface area contributed by atoms with Gasteiger partial charge in [0.2, 0.25) is 10.0 Å². The van der Waals surface area contributed by atoms with Gasteiger partial charge >= 0.3 is 0 Å². The predicted molar refractivity (Wildman–Crippen MR) is 102 cm³/mol. The largest absolute Gasteiger partial charge is 0.497 e. The number of carbonyl (C=O) groups excluding carboxylic acids is 1. The number of morpholine rings is 1. The van der Waals surface area contributed by atoms with Gasteiger partial charge in [0.25, 0.3) is 5.91 Å². The molecule has 1 amide bonds. The zero-order valence-corrected chi connectivity index (χ0v) is 16.0. The van der Waals surface area contributed by atoms with Gasteiger partial charge in [-0.05, 0) is 55.5 Å². The van der Waals surface area contributed by atoms with Crippen LogP contribution in [0, 0.1) is 0 Å². The minimum atomic E-state index is -3.61. The Morgan fingerprint density at radius 2 is 1.81 bits per heavy atom. The maximum atomic E-state index is 12.8. The summed E-state index contributed by atoms with van der Waals surface area (Å²) in [6.45, 7) is 2.89. The van der Waals surface area contributed by atoms with Gasteiger partial charge in [-0.3, -0.25) is 4.79 Å². The third kappa shape index (κ3) is 4.29. The SMILES string of the molecule is COc1ccc(NC(=O)c2ccc(S(=O)(=O)N3CCOCC3C)cc2)cc1. The first-order valence-electron chi connectivity index (χ1n) is 8.57. The van der Waals surface area contributed by atoms with E-state index in [1.807, 2.05) is 6.92 Å². The third-order valence-corrected chi connectivity index (χ3v) is 6.41. The van der Waals surface area contributed by atoms with Crippen LogP contribution in [-0.2, 0) is 14.8 Å². The summed E-state index contributed by atoms with van der Waals surface area (Å²) in [7, 11) is -2.04. The average molecular weight is 390 g/mol. The molecule has 1 unspecified atom stereocenters. The average Bonchev–Trinajstić information content (AvgIpc) is 2.69. The fraction of sp³-hybridized carbons (Fsp3) is 0.316.